The van der Waals surface area contributed by atoms with Crippen molar-refractivity contribution in [1.82, 2.24) is 0 Å². The van der Waals surface area contributed by atoms with Crippen LogP contribution >= 0.6 is 0 Å². The Kier molecular flexibility index (Phi) is 1.91. The molecule has 14 heavy (non-hydrogen) atoms. The van der Waals surface area contributed by atoms with E-state index in [1.54, 1.807) is 0 Å². The van der Waals surface area contributed by atoms with E-state index in [0.717, 1.165) is 6.61 Å². The van der Waals surface area contributed by atoms with Crippen LogP contribution in [0.5, 0.6) is 0 Å². The highest BCUT2D eigenvalue weighted by molar-refractivity contribution is 5.25. The van der Waals surface area contributed by atoms with Gasteiger partial charge >= 0.3 is 0 Å². The molecule has 0 unspecified atom stereocenters. The summed E-state index contributed by atoms with van der Waals surface area (Å²) in [5.74, 6) is 1.30. The molecular weight excluding hydrogens is 172 g/mol. The van der Waals surface area contributed by atoms with Crippen LogP contribution < -0.4 is 0 Å². The number of fused-ring (bicyclic) bond motifs is 1. The Bertz CT molecular complexity index is 342. The van der Waals surface area contributed by atoms with Crippen LogP contribution in [0.1, 0.15) is 17.9 Å². The standard InChI is InChI=1S/C13H14O/c1-2-5-10(6-3-1)12-9-14-13-8-4-7-11(12)13/h1-6,8,11-13H,7,9H2/t11-,12-,13-/m0/s1. The van der Waals surface area contributed by atoms with Crippen LogP contribution in [-0.4, -0.2) is 12.7 Å². The summed E-state index contributed by atoms with van der Waals surface area (Å²) in [6.45, 7) is 0.893. The van der Waals surface area contributed by atoms with Gasteiger partial charge in [-0.25, -0.2) is 0 Å². The van der Waals surface area contributed by atoms with Gasteiger partial charge in [-0.3, -0.25) is 0 Å². The van der Waals surface area contributed by atoms with Crippen LogP contribution in [0.2, 0.25) is 0 Å². The minimum absolute atomic E-state index is 0.389. The third-order valence-electron chi connectivity index (χ3n) is 3.37. The summed E-state index contributed by atoms with van der Waals surface area (Å²) in [6.07, 6.45) is 6.04. The van der Waals surface area contributed by atoms with Crippen LogP contribution in [0, 0.1) is 5.92 Å². The molecule has 1 saturated heterocycles. The van der Waals surface area contributed by atoms with E-state index in [4.69, 9.17) is 4.74 Å². The molecule has 0 spiro atoms. The molecule has 0 saturated carbocycles. The smallest absolute Gasteiger partial charge is 0.0793 e. The van der Waals surface area contributed by atoms with E-state index in [0.29, 0.717) is 17.9 Å². The third-order valence-corrected chi connectivity index (χ3v) is 3.37. The number of hydrogen-bond acceptors (Lipinski definition) is 1. The molecule has 0 amide bonds. The monoisotopic (exact) mass is 186 g/mol. The lowest BCUT2D eigenvalue weighted by molar-refractivity contribution is 0.133. The van der Waals surface area contributed by atoms with Crippen molar-refractivity contribution in [3.05, 3.63) is 48.0 Å². The van der Waals surface area contributed by atoms with Crippen molar-refractivity contribution >= 4 is 0 Å². The molecule has 0 radical (unpaired) electrons. The van der Waals surface area contributed by atoms with Crippen molar-refractivity contribution in [3.63, 3.8) is 0 Å². The average Bonchev–Trinajstić information content (AvgIpc) is 2.79. The fourth-order valence-electron chi connectivity index (χ4n) is 2.60. The van der Waals surface area contributed by atoms with Crippen molar-refractivity contribution in [2.45, 2.75) is 18.4 Å². The quantitative estimate of drug-likeness (QED) is 0.613. The highest BCUT2D eigenvalue weighted by atomic mass is 16.5. The number of rotatable bonds is 1. The SMILES string of the molecule is C1=C[C@@H]2OC[C@@H](c3ccccc3)[C@@H]2C1. The first-order chi connectivity index (χ1) is 6.95. The molecule has 2 aliphatic rings. The van der Waals surface area contributed by atoms with Gasteiger partial charge in [0.15, 0.2) is 0 Å². The summed E-state index contributed by atoms with van der Waals surface area (Å²) in [6, 6.07) is 10.7. The molecule has 1 aliphatic carbocycles. The summed E-state index contributed by atoms with van der Waals surface area (Å²) in [5.41, 5.74) is 1.43. The van der Waals surface area contributed by atoms with Crippen LogP contribution in [0.25, 0.3) is 0 Å². The fourth-order valence-corrected chi connectivity index (χ4v) is 2.60. The lowest BCUT2D eigenvalue weighted by Crippen LogP contribution is -2.12. The Hall–Kier alpha value is -1.08. The van der Waals surface area contributed by atoms with Gasteiger partial charge in [0.2, 0.25) is 0 Å². The normalized spacial score (nSPS) is 34.7. The molecule has 1 heteroatoms. The summed E-state index contributed by atoms with van der Waals surface area (Å²) in [7, 11) is 0. The second kappa shape index (κ2) is 3.25. The molecule has 3 atom stereocenters. The van der Waals surface area contributed by atoms with Crippen LogP contribution in [0.4, 0.5) is 0 Å². The molecule has 1 nitrogen and oxygen atoms in total. The van der Waals surface area contributed by atoms with E-state index >= 15 is 0 Å². The zero-order valence-electron chi connectivity index (χ0n) is 8.10. The van der Waals surface area contributed by atoms with Gasteiger partial charge < -0.3 is 4.74 Å². The van der Waals surface area contributed by atoms with Crippen molar-refractivity contribution < 1.29 is 4.74 Å². The third kappa shape index (κ3) is 1.20. The molecular formula is C13H14O. The number of benzene rings is 1. The lowest BCUT2D eigenvalue weighted by atomic mass is 9.86. The molecule has 1 aromatic carbocycles. The molecule has 1 aliphatic heterocycles. The zero-order chi connectivity index (χ0) is 9.38. The first-order valence-electron chi connectivity index (χ1n) is 5.28. The number of allylic oxidation sites excluding steroid dienone is 1. The topological polar surface area (TPSA) is 9.23 Å². The Morgan fingerprint density at radius 2 is 2.00 bits per heavy atom. The van der Waals surface area contributed by atoms with E-state index < -0.39 is 0 Å². The first-order valence-corrected chi connectivity index (χ1v) is 5.28. The van der Waals surface area contributed by atoms with E-state index in [9.17, 15) is 0 Å². The summed E-state index contributed by atoms with van der Waals surface area (Å²) >= 11 is 0. The molecule has 0 N–H and O–H groups in total. The molecule has 3 rings (SSSR count). The predicted molar refractivity (Wildman–Crippen MR) is 56.2 cm³/mol. The molecule has 1 fully saturated rings. The Balaban J connectivity index is 1.87. The van der Waals surface area contributed by atoms with E-state index in [2.05, 4.69) is 42.5 Å². The van der Waals surface area contributed by atoms with Crippen LogP contribution in [0.15, 0.2) is 42.5 Å². The van der Waals surface area contributed by atoms with Gasteiger partial charge in [-0.1, -0.05) is 42.5 Å². The maximum absolute atomic E-state index is 5.76. The van der Waals surface area contributed by atoms with Crippen molar-refractivity contribution in [1.29, 1.82) is 0 Å². The predicted octanol–water partition coefficient (Wildman–Crippen LogP) is 2.75. The average molecular weight is 186 g/mol. The largest absolute Gasteiger partial charge is 0.373 e. The summed E-state index contributed by atoms with van der Waals surface area (Å²) in [4.78, 5) is 0. The molecule has 0 aromatic heterocycles. The van der Waals surface area contributed by atoms with E-state index in [1.807, 2.05) is 0 Å². The van der Waals surface area contributed by atoms with Crippen molar-refractivity contribution in [3.8, 4) is 0 Å². The fraction of sp³-hybridized carbons (Fsp3) is 0.385. The molecule has 72 valence electrons. The summed E-state index contributed by atoms with van der Waals surface area (Å²) in [5, 5.41) is 0. The minimum atomic E-state index is 0.389. The maximum Gasteiger partial charge on any atom is 0.0793 e. The van der Waals surface area contributed by atoms with E-state index in [-0.39, 0.29) is 0 Å². The van der Waals surface area contributed by atoms with Gasteiger partial charge in [-0.2, -0.15) is 0 Å². The van der Waals surface area contributed by atoms with Gasteiger partial charge in [-0.15, -0.1) is 0 Å². The van der Waals surface area contributed by atoms with Gasteiger partial charge in [0.1, 0.15) is 0 Å². The van der Waals surface area contributed by atoms with Crippen molar-refractivity contribution in [2.75, 3.05) is 6.61 Å². The number of ether oxygens (including phenoxy) is 1. The zero-order valence-corrected chi connectivity index (χ0v) is 8.10. The Morgan fingerprint density at radius 3 is 2.86 bits per heavy atom. The van der Waals surface area contributed by atoms with Crippen molar-refractivity contribution in [2.24, 2.45) is 5.92 Å². The Morgan fingerprint density at radius 1 is 1.14 bits per heavy atom. The van der Waals surface area contributed by atoms with Gasteiger partial charge in [-0.05, 0) is 12.0 Å². The molecule has 0 bridgehead atoms. The highest BCUT2D eigenvalue weighted by Gasteiger charge is 2.38. The highest BCUT2D eigenvalue weighted by Crippen LogP contribution is 2.41. The van der Waals surface area contributed by atoms with Gasteiger partial charge in [0, 0.05) is 11.8 Å². The summed E-state index contributed by atoms with van der Waals surface area (Å²) < 4.78 is 5.76. The lowest BCUT2D eigenvalue weighted by Gasteiger charge is -2.16. The first kappa shape index (κ1) is 8.25. The van der Waals surface area contributed by atoms with Gasteiger partial charge in [0.05, 0.1) is 12.7 Å². The minimum Gasteiger partial charge on any atom is -0.373 e. The van der Waals surface area contributed by atoms with E-state index in [1.165, 1.54) is 12.0 Å². The second-order valence-electron chi connectivity index (χ2n) is 4.14. The van der Waals surface area contributed by atoms with Crippen LogP contribution in [0.3, 0.4) is 0 Å². The van der Waals surface area contributed by atoms with Crippen LogP contribution in [-0.2, 0) is 4.74 Å². The second-order valence-corrected chi connectivity index (χ2v) is 4.14. The Labute approximate surface area is 84.4 Å². The molecule has 1 aromatic rings. The molecule has 1 heterocycles. The van der Waals surface area contributed by atoms with Gasteiger partial charge in [0.25, 0.3) is 0 Å². The number of hydrogen-bond donors (Lipinski definition) is 0. The maximum atomic E-state index is 5.76.